The lowest BCUT2D eigenvalue weighted by molar-refractivity contribution is 0.580. The van der Waals surface area contributed by atoms with Gasteiger partial charge in [0, 0.05) is 6.54 Å². The van der Waals surface area contributed by atoms with E-state index in [2.05, 4.69) is 54.2 Å². The summed E-state index contributed by atoms with van der Waals surface area (Å²) in [5, 5.41) is 1.32. The van der Waals surface area contributed by atoms with Gasteiger partial charge in [0.05, 0.1) is 13.0 Å². The van der Waals surface area contributed by atoms with Gasteiger partial charge in [-0.05, 0) is 30.2 Å². The third-order valence-corrected chi connectivity index (χ3v) is 10.9. The highest BCUT2D eigenvalue weighted by Crippen LogP contribution is 2.27. The zero-order valence-corrected chi connectivity index (χ0v) is 18.4. The van der Waals surface area contributed by atoms with Crippen LogP contribution in [0.4, 0.5) is 0 Å². The predicted molar refractivity (Wildman–Crippen MR) is 119 cm³/mol. The van der Waals surface area contributed by atoms with Crippen molar-refractivity contribution >= 4 is 23.3 Å². The average Bonchev–Trinajstić information content (AvgIpc) is 2.70. The molecule has 0 fully saturated rings. The van der Waals surface area contributed by atoms with Crippen LogP contribution in [-0.4, -0.2) is 23.0 Å². The molecule has 0 heterocycles. The van der Waals surface area contributed by atoms with Gasteiger partial charge < -0.3 is 0 Å². The fraction of sp³-hybridized carbons (Fsp3) is 0.217. The van der Waals surface area contributed by atoms with Crippen LogP contribution in [-0.2, 0) is 10.0 Å². The molecule has 0 aliphatic heterocycles. The molecule has 1 atom stereocenters. The SMILES string of the molecule is Cc1ccc(S(=O)(=O)NC[C@H](c2ccccc2)[Si](C)(C)c2ccccc2)cc1. The molecule has 0 bridgehead atoms. The summed E-state index contributed by atoms with van der Waals surface area (Å²) in [7, 11) is -5.54. The Balaban J connectivity index is 1.91. The third kappa shape index (κ3) is 4.61. The monoisotopic (exact) mass is 409 g/mol. The lowest BCUT2D eigenvalue weighted by Crippen LogP contribution is -2.51. The fourth-order valence-corrected chi connectivity index (χ4v) is 7.82. The first kappa shape index (κ1) is 20.5. The summed E-state index contributed by atoms with van der Waals surface area (Å²) in [6.07, 6.45) is 0. The van der Waals surface area contributed by atoms with Crippen molar-refractivity contribution in [2.75, 3.05) is 6.54 Å². The molecule has 28 heavy (non-hydrogen) atoms. The summed E-state index contributed by atoms with van der Waals surface area (Å²) < 4.78 is 28.6. The number of hydrogen-bond donors (Lipinski definition) is 1. The minimum atomic E-state index is -3.55. The molecular formula is C23H27NO2SSi. The lowest BCUT2D eigenvalue weighted by Gasteiger charge is -2.33. The van der Waals surface area contributed by atoms with Gasteiger partial charge in [-0.1, -0.05) is 96.6 Å². The maximum atomic E-state index is 12.8. The van der Waals surface area contributed by atoms with E-state index < -0.39 is 18.1 Å². The molecule has 0 spiro atoms. The van der Waals surface area contributed by atoms with E-state index in [4.69, 9.17) is 0 Å². The van der Waals surface area contributed by atoms with E-state index in [9.17, 15) is 8.42 Å². The van der Waals surface area contributed by atoms with Gasteiger partial charge in [-0.2, -0.15) is 0 Å². The van der Waals surface area contributed by atoms with Crippen LogP contribution in [0, 0.1) is 6.92 Å². The van der Waals surface area contributed by atoms with Crippen molar-refractivity contribution < 1.29 is 8.42 Å². The molecule has 0 aromatic heterocycles. The predicted octanol–water partition coefficient (Wildman–Crippen LogP) is 4.21. The minimum Gasteiger partial charge on any atom is -0.211 e. The highest BCUT2D eigenvalue weighted by atomic mass is 32.2. The molecule has 0 saturated carbocycles. The molecule has 0 radical (unpaired) electrons. The minimum absolute atomic E-state index is 0.122. The lowest BCUT2D eigenvalue weighted by atomic mass is 10.1. The maximum absolute atomic E-state index is 12.8. The molecule has 1 N–H and O–H groups in total. The van der Waals surface area contributed by atoms with E-state index in [1.165, 1.54) is 10.8 Å². The molecule has 0 aliphatic rings. The van der Waals surface area contributed by atoms with Gasteiger partial charge in [0.2, 0.25) is 10.0 Å². The van der Waals surface area contributed by atoms with Crippen molar-refractivity contribution in [3.05, 3.63) is 96.1 Å². The zero-order valence-electron chi connectivity index (χ0n) is 16.6. The Morgan fingerprint density at radius 1 is 0.821 bits per heavy atom. The zero-order chi connectivity index (χ0) is 20.2. The molecule has 3 aromatic rings. The molecule has 0 aliphatic carbocycles. The standard InChI is InChI=1S/C23H27NO2SSi/c1-19-14-16-21(17-15-19)27(25,26)24-18-23(20-10-6-4-7-11-20)28(2,3)22-12-8-5-9-13-22/h4-17,23-24H,18H2,1-3H3/t23-/m1/s1. The number of rotatable bonds is 7. The van der Waals surface area contributed by atoms with Crippen molar-refractivity contribution in [2.24, 2.45) is 0 Å². The summed E-state index contributed by atoms with van der Waals surface area (Å²) in [4.78, 5) is 0.309. The Morgan fingerprint density at radius 3 is 1.93 bits per heavy atom. The summed E-state index contributed by atoms with van der Waals surface area (Å²) in [5.74, 6) is 0. The Hall–Kier alpha value is -2.21. The third-order valence-electron chi connectivity index (χ3n) is 5.40. The second-order valence-corrected chi connectivity index (χ2v) is 14.2. The fourth-order valence-electron chi connectivity index (χ4n) is 3.54. The Kier molecular flexibility index (Phi) is 6.18. The smallest absolute Gasteiger partial charge is 0.211 e. The van der Waals surface area contributed by atoms with Crippen molar-refractivity contribution in [3.8, 4) is 0 Å². The summed E-state index contributed by atoms with van der Waals surface area (Å²) in [6, 6.07) is 27.7. The van der Waals surface area contributed by atoms with Crippen molar-refractivity contribution in [1.82, 2.24) is 4.72 Å². The quantitative estimate of drug-likeness (QED) is 0.594. The van der Waals surface area contributed by atoms with Crippen LogP contribution in [0.25, 0.3) is 0 Å². The van der Waals surface area contributed by atoms with E-state index in [-0.39, 0.29) is 5.54 Å². The second kappa shape index (κ2) is 8.43. The van der Waals surface area contributed by atoms with Crippen molar-refractivity contribution in [1.29, 1.82) is 0 Å². The van der Waals surface area contributed by atoms with E-state index in [1.54, 1.807) is 12.1 Å². The molecule has 3 nitrogen and oxygen atoms in total. The molecule has 3 aromatic carbocycles. The van der Waals surface area contributed by atoms with Crippen LogP contribution in [0.5, 0.6) is 0 Å². The molecule has 0 saturated heterocycles. The highest BCUT2D eigenvalue weighted by molar-refractivity contribution is 7.89. The van der Waals surface area contributed by atoms with Crippen LogP contribution < -0.4 is 9.91 Å². The van der Waals surface area contributed by atoms with Gasteiger partial charge in [0.25, 0.3) is 0 Å². The molecule has 3 rings (SSSR count). The van der Waals surface area contributed by atoms with Crippen LogP contribution in [0.15, 0.2) is 89.8 Å². The van der Waals surface area contributed by atoms with Gasteiger partial charge >= 0.3 is 0 Å². The van der Waals surface area contributed by atoms with E-state index in [0.717, 1.165) is 5.56 Å². The average molecular weight is 410 g/mol. The van der Waals surface area contributed by atoms with Gasteiger partial charge in [-0.25, -0.2) is 13.1 Å². The number of sulfonamides is 1. The summed E-state index contributed by atoms with van der Waals surface area (Å²) in [5.41, 5.74) is 2.34. The molecule has 0 amide bonds. The van der Waals surface area contributed by atoms with Crippen LogP contribution >= 0.6 is 0 Å². The topological polar surface area (TPSA) is 46.2 Å². The molecule has 5 heteroatoms. The first-order chi connectivity index (χ1) is 13.3. The first-order valence-electron chi connectivity index (χ1n) is 9.47. The van der Waals surface area contributed by atoms with Crippen molar-refractivity contribution in [2.45, 2.75) is 30.5 Å². The second-order valence-electron chi connectivity index (χ2n) is 7.72. The van der Waals surface area contributed by atoms with Crippen molar-refractivity contribution in [3.63, 3.8) is 0 Å². The van der Waals surface area contributed by atoms with Gasteiger partial charge in [0.15, 0.2) is 0 Å². The number of hydrogen-bond acceptors (Lipinski definition) is 2. The Bertz CT molecular complexity index is 1000. The van der Waals surface area contributed by atoms with Crippen LogP contribution in [0.1, 0.15) is 16.7 Å². The van der Waals surface area contributed by atoms with E-state index in [1.807, 2.05) is 43.3 Å². The molecule has 0 unspecified atom stereocenters. The summed E-state index contributed by atoms with van der Waals surface area (Å²) in [6.45, 7) is 6.94. The Morgan fingerprint density at radius 2 is 1.36 bits per heavy atom. The summed E-state index contributed by atoms with van der Waals surface area (Å²) >= 11 is 0. The van der Waals surface area contributed by atoms with E-state index in [0.29, 0.717) is 11.4 Å². The number of benzene rings is 3. The number of aryl methyl sites for hydroxylation is 1. The highest BCUT2D eigenvalue weighted by Gasteiger charge is 2.35. The largest absolute Gasteiger partial charge is 0.240 e. The normalized spacial score (nSPS) is 13.2. The number of nitrogens with one attached hydrogen (secondary N) is 1. The Labute approximate surface area is 169 Å². The van der Waals surface area contributed by atoms with Gasteiger partial charge in [0.1, 0.15) is 0 Å². The first-order valence-corrected chi connectivity index (χ1v) is 14.0. The van der Waals surface area contributed by atoms with Gasteiger partial charge in [-0.3, -0.25) is 0 Å². The van der Waals surface area contributed by atoms with Gasteiger partial charge in [-0.15, -0.1) is 0 Å². The van der Waals surface area contributed by atoms with Crippen LogP contribution in [0.2, 0.25) is 13.1 Å². The van der Waals surface area contributed by atoms with Crippen LogP contribution in [0.3, 0.4) is 0 Å². The van der Waals surface area contributed by atoms with E-state index >= 15 is 0 Å². The molecular weight excluding hydrogens is 382 g/mol. The molecule has 146 valence electrons. The maximum Gasteiger partial charge on any atom is 0.240 e.